The zero-order valence-corrected chi connectivity index (χ0v) is 14.4. The first-order valence-electron chi connectivity index (χ1n) is 7.87. The summed E-state index contributed by atoms with van der Waals surface area (Å²) in [7, 11) is 0. The third-order valence-corrected chi connectivity index (χ3v) is 5.47. The van der Waals surface area contributed by atoms with Crippen LogP contribution in [0.4, 0.5) is 10.7 Å². The van der Waals surface area contributed by atoms with Crippen LogP contribution in [0.3, 0.4) is 0 Å². The molecule has 1 aliphatic rings. The van der Waals surface area contributed by atoms with Gasteiger partial charge in [0, 0.05) is 22.6 Å². The molecule has 0 saturated carbocycles. The monoisotopic (exact) mass is 359 g/mol. The van der Waals surface area contributed by atoms with Crippen LogP contribution >= 0.6 is 11.3 Å². The average Bonchev–Trinajstić information content (AvgIpc) is 2.91. The second kappa shape index (κ2) is 6.64. The van der Waals surface area contributed by atoms with Crippen LogP contribution in [0.2, 0.25) is 0 Å². The Morgan fingerprint density at radius 2 is 2.16 bits per heavy atom. The SMILES string of the molecule is C[C@H]1CCc2c(sc(NC(=O)c3cccc([N+](=O)[O-])c3)c2C(N)=O)C1. The number of non-ortho nitro benzene ring substituents is 1. The van der Waals surface area contributed by atoms with E-state index in [-0.39, 0.29) is 11.3 Å². The lowest BCUT2D eigenvalue weighted by atomic mass is 9.88. The third kappa shape index (κ3) is 3.39. The number of fused-ring (bicyclic) bond motifs is 1. The standard InChI is InChI=1S/C17H17N3O4S/c1-9-5-6-12-13(7-9)25-17(14(12)15(18)21)19-16(22)10-3-2-4-11(8-10)20(23)24/h2-4,8-9H,5-7H2,1H3,(H2,18,21)(H,19,22)/t9-/m0/s1. The Kier molecular flexibility index (Phi) is 4.54. The third-order valence-electron chi connectivity index (χ3n) is 4.30. The maximum absolute atomic E-state index is 12.5. The largest absolute Gasteiger partial charge is 0.365 e. The number of nitrogens with one attached hydrogen (secondary N) is 1. The van der Waals surface area contributed by atoms with E-state index in [1.807, 2.05) is 0 Å². The Labute approximate surface area is 148 Å². The summed E-state index contributed by atoms with van der Waals surface area (Å²) < 4.78 is 0. The summed E-state index contributed by atoms with van der Waals surface area (Å²) in [6.07, 6.45) is 2.59. The minimum Gasteiger partial charge on any atom is -0.365 e. The van der Waals surface area contributed by atoms with Gasteiger partial charge in [0.1, 0.15) is 5.00 Å². The molecule has 0 radical (unpaired) electrons. The lowest BCUT2D eigenvalue weighted by Crippen LogP contribution is -2.19. The number of benzene rings is 1. The molecule has 25 heavy (non-hydrogen) atoms. The van der Waals surface area contributed by atoms with E-state index < -0.39 is 16.7 Å². The molecule has 1 aromatic heterocycles. The molecule has 1 heterocycles. The van der Waals surface area contributed by atoms with Crippen molar-refractivity contribution in [1.29, 1.82) is 0 Å². The van der Waals surface area contributed by atoms with Crippen molar-refractivity contribution in [2.24, 2.45) is 11.7 Å². The zero-order chi connectivity index (χ0) is 18.1. The van der Waals surface area contributed by atoms with E-state index in [0.717, 1.165) is 29.7 Å². The van der Waals surface area contributed by atoms with Crippen LogP contribution in [-0.4, -0.2) is 16.7 Å². The number of carbonyl (C=O) groups is 2. The minimum absolute atomic E-state index is 0.157. The van der Waals surface area contributed by atoms with Crippen LogP contribution in [0, 0.1) is 16.0 Å². The van der Waals surface area contributed by atoms with E-state index in [1.165, 1.54) is 35.6 Å². The van der Waals surface area contributed by atoms with Gasteiger partial charge in [0.05, 0.1) is 10.5 Å². The van der Waals surface area contributed by atoms with Crippen LogP contribution in [0.5, 0.6) is 0 Å². The molecule has 0 bridgehead atoms. The number of hydrogen-bond donors (Lipinski definition) is 2. The Bertz CT molecular complexity index is 875. The van der Waals surface area contributed by atoms with Gasteiger partial charge < -0.3 is 11.1 Å². The lowest BCUT2D eigenvalue weighted by molar-refractivity contribution is -0.384. The van der Waals surface area contributed by atoms with E-state index >= 15 is 0 Å². The first-order chi connectivity index (χ1) is 11.9. The van der Waals surface area contributed by atoms with E-state index in [2.05, 4.69) is 12.2 Å². The Balaban J connectivity index is 1.92. The highest BCUT2D eigenvalue weighted by atomic mass is 32.1. The molecule has 2 amide bonds. The van der Waals surface area contributed by atoms with Crippen LogP contribution in [0.15, 0.2) is 24.3 Å². The molecule has 0 saturated heterocycles. The molecule has 0 unspecified atom stereocenters. The van der Waals surface area contributed by atoms with Crippen LogP contribution in [0.1, 0.15) is 44.5 Å². The molecular formula is C17H17N3O4S. The number of carbonyl (C=O) groups excluding carboxylic acids is 2. The number of nitro groups is 1. The number of nitro benzene ring substituents is 1. The number of nitrogens with zero attached hydrogens (tertiary/aromatic N) is 1. The van der Waals surface area contributed by atoms with Crippen molar-refractivity contribution in [2.45, 2.75) is 26.2 Å². The van der Waals surface area contributed by atoms with Crippen molar-refractivity contribution >= 4 is 33.8 Å². The summed E-state index contributed by atoms with van der Waals surface area (Å²) in [6.45, 7) is 2.15. The first-order valence-corrected chi connectivity index (χ1v) is 8.68. The van der Waals surface area contributed by atoms with Crippen LogP contribution < -0.4 is 11.1 Å². The summed E-state index contributed by atoms with van der Waals surface area (Å²) in [5, 5.41) is 14.0. The van der Waals surface area contributed by atoms with Crippen molar-refractivity contribution in [2.75, 3.05) is 5.32 Å². The number of nitrogens with two attached hydrogens (primary N) is 1. The predicted octanol–water partition coefficient (Wildman–Crippen LogP) is 3.13. The molecule has 3 rings (SSSR count). The van der Waals surface area contributed by atoms with Crippen LogP contribution in [0.25, 0.3) is 0 Å². The Morgan fingerprint density at radius 1 is 1.40 bits per heavy atom. The minimum atomic E-state index is -0.568. The zero-order valence-electron chi connectivity index (χ0n) is 13.6. The second-order valence-corrected chi connectivity index (χ2v) is 7.29. The Hall–Kier alpha value is -2.74. The van der Waals surface area contributed by atoms with Gasteiger partial charge in [-0.1, -0.05) is 13.0 Å². The van der Waals surface area contributed by atoms with E-state index in [4.69, 9.17) is 5.73 Å². The van der Waals surface area contributed by atoms with Gasteiger partial charge in [-0.2, -0.15) is 0 Å². The topological polar surface area (TPSA) is 115 Å². The molecular weight excluding hydrogens is 342 g/mol. The van der Waals surface area contributed by atoms with Gasteiger partial charge in [-0.05, 0) is 36.8 Å². The Morgan fingerprint density at radius 3 is 2.84 bits per heavy atom. The smallest absolute Gasteiger partial charge is 0.270 e. The summed E-state index contributed by atoms with van der Waals surface area (Å²) in [6, 6.07) is 5.46. The number of anilines is 1. The highest BCUT2D eigenvalue weighted by Crippen LogP contribution is 2.39. The van der Waals surface area contributed by atoms with Gasteiger partial charge >= 0.3 is 0 Å². The fraction of sp³-hybridized carbons (Fsp3) is 0.294. The fourth-order valence-electron chi connectivity index (χ4n) is 3.04. The number of thiophene rings is 1. The number of primary amides is 1. The van der Waals surface area contributed by atoms with Gasteiger partial charge in [-0.3, -0.25) is 19.7 Å². The van der Waals surface area contributed by atoms with Crippen molar-refractivity contribution in [3.63, 3.8) is 0 Å². The molecule has 2 aromatic rings. The van der Waals surface area contributed by atoms with Crippen molar-refractivity contribution in [3.8, 4) is 0 Å². The average molecular weight is 359 g/mol. The van der Waals surface area contributed by atoms with Gasteiger partial charge in [0.2, 0.25) is 0 Å². The maximum Gasteiger partial charge on any atom is 0.270 e. The molecule has 0 aliphatic heterocycles. The summed E-state index contributed by atoms with van der Waals surface area (Å²) in [5.74, 6) is -0.550. The highest BCUT2D eigenvalue weighted by molar-refractivity contribution is 7.17. The van der Waals surface area contributed by atoms with Gasteiger partial charge in [0.15, 0.2) is 0 Å². The fourth-order valence-corrected chi connectivity index (χ4v) is 4.45. The number of hydrogen-bond acceptors (Lipinski definition) is 5. The number of amides is 2. The maximum atomic E-state index is 12.5. The summed E-state index contributed by atoms with van der Waals surface area (Å²) in [4.78, 5) is 35.7. The van der Waals surface area contributed by atoms with Gasteiger partial charge in [0.25, 0.3) is 17.5 Å². The van der Waals surface area contributed by atoms with Crippen molar-refractivity contribution < 1.29 is 14.5 Å². The molecule has 1 atom stereocenters. The summed E-state index contributed by atoms with van der Waals surface area (Å²) in [5.41, 5.74) is 6.80. The normalized spacial score (nSPS) is 16.1. The second-order valence-electron chi connectivity index (χ2n) is 6.18. The van der Waals surface area contributed by atoms with E-state index in [1.54, 1.807) is 0 Å². The van der Waals surface area contributed by atoms with Gasteiger partial charge in [-0.25, -0.2) is 0 Å². The molecule has 130 valence electrons. The van der Waals surface area contributed by atoms with E-state index in [0.29, 0.717) is 16.5 Å². The molecule has 0 fully saturated rings. The molecule has 1 aliphatic carbocycles. The molecule has 8 heteroatoms. The van der Waals surface area contributed by atoms with Gasteiger partial charge in [-0.15, -0.1) is 11.3 Å². The molecule has 0 spiro atoms. The molecule has 7 nitrogen and oxygen atoms in total. The quantitative estimate of drug-likeness (QED) is 0.644. The number of rotatable bonds is 4. The first kappa shape index (κ1) is 17.1. The lowest BCUT2D eigenvalue weighted by Gasteiger charge is -2.18. The van der Waals surface area contributed by atoms with Crippen LogP contribution in [-0.2, 0) is 12.8 Å². The molecule has 3 N–H and O–H groups in total. The predicted molar refractivity (Wildman–Crippen MR) is 95.1 cm³/mol. The van der Waals surface area contributed by atoms with Crippen molar-refractivity contribution in [1.82, 2.24) is 0 Å². The van der Waals surface area contributed by atoms with Crippen molar-refractivity contribution in [3.05, 3.63) is 55.9 Å². The molecule has 1 aromatic carbocycles. The summed E-state index contributed by atoms with van der Waals surface area (Å²) >= 11 is 1.36. The van der Waals surface area contributed by atoms with E-state index in [9.17, 15) is 19.7 Å². The highest BCUT2D eigenvalue weighted by Gasteiger charge is 2.27.